The van der Waals surface area contributed by atoms with E-state index in [1.54, 1.807) is 18.2 Å². The molecule has 1 heterocycles. The highest BCUT2D eigenvalue weighted by molar-refractivity contribution is 7.92. The van der Waals surface area contributed by atoms with Crippen LogP contribution in [0.3, 0.4) is 0 Å². The summed E-state index contributed by atoms with van der Waals surface area (Å²) in [4.78, 5) is 29.5. The molecule has 0 aliphatic carbocycles. The third-order valence-electron chi connectivity index (χ3n) is 7.24. The molecule has 0 unspecified atom stereocenters. The van der Waals surface area contributed by atoms with Gasteiger partial charge < -0.3 is 19.7 Å². The number of nitrogens with zero attached hydrogens (tertiary/aromatic N) is 2. The minimum Gasteiger partial charge on any atom is -0.486 e. The predicted octanol–water partition coefficient (Wildman–Crippen LogP) is 4.09. The Balaban J connectivity index is 1.73. The molecule has 2 amide bonds. The Morgan fingerprint density at radius 1 is 0.929 bits per heavy atom. The van der Waals surface area contributed by atoms with Gasteiger partial charge in [-0.15, -0.1) is 0 Å². The van der Waals surface area contributed by atoms with E-state index in [1.165, 1.54) is 4.90 Å². The van der Waals surface area contributed by atoms with Gasteiger partial charge in [-0.1, -0.05) is 67.1 Å². The third-order valence-corrected chi connectivity index (χ3v) is 8.38. The Kier molecular flexibility index (Phi) is 10.1. The van der Waals surface area contributed by atoms with E-state index in [-0.39, 0.29) is 30.6 Å². The van der Waals surface area contributed by atoms with Crippen molar-refractivity contribution in [1.82, 2.24) is 10.2 Å². The Morgan fingerprint density at radius 2 is 1.60 bits per heavy atom. The van der Waals surface area contributed by atoms with E-state index < -0.39 is 28.5 Å². The first-order chi connectivity index (χ1) is 20.0. The van der Waals surface area contributed by atoms with Crippen molar-refractivity contribution in [2.45, 2.75) is 52.2 Å². The number of hydrogen-bond acceptors (Lipinski definition) is 6. The summed E-state index contributed by atoms with van der Waals surface area (Å²) in [5.41, 5.74) is 3.05. The highest BCUT2D eigenvalue weighted by Gasteiger charge is 2.33. The number of hydrogen-bond donors (Lipinski definition) is 1. The molecule has 224 valence electrons. The number of nitrogens with one attached hydrogen (secondary N) is 1. The van der Waals surface area contributed by atoms with Gasteiger partial charge in [0.25, 0.3) is 0 Å². The van der Waals surface area contributed by atoms with E-state index >= 15 is 0 Å². The predicted molar refractivity (Wildman–Crippen MR) is 163 cm³/mol. The molecule has 3 aromatic rings. The van der Waals surface area contributed by atoms with Gasteiger partial charge in [-0.2, -0.15) is 0 Å². The van der Waals surface area contributed by atoms with Gasteiger partial charge in [-0.3, -0.25) is 13.9 Å². The number of carbonyl (C=O) groups excluding carboxylic acids is 2. The molecule has 0 fully saturated rings. The van der Waals surface area contributed by atoms with Crippen LogP contribution in [-0.4, -0.2) is 63.2 Å². The van der Waals surface area contributed by atoms with Gasteiger partial charge in [0.15, 0.2) is 11.5 Å². The highest BCUT2D eigenvalue weighted by atomic mass is 32.2. The highest BCUT2D eigenvalue weighted by Crippen LogP contribution is 2.34. The first-order valence-electron chi connectivity index (χ1n) is 14.1. The molecule has 0 bridgehead atoms. The lowest BCUT2D eigenvalue weighted by atomic mass is 10.0. The van der Waals surface area contributed by atoms with Gasteiger partial charge in [-0.05, 0) is 43.5 Å². The van der Waals surface area contributed by atoms with Crippen LogP contribution in [0.15, 0.2) is 72.8 Å². The molecule has 1 N–H and O–H groups in total. The Hall–Kier alpha value is -4.05. The topological polar surface area (TPSA) is 105 Å². The van der Waals surface area contributed by atoms with Gasteiger partial charge in [0.2, 0.25) is 21.8 Å². The number of rotatable bonds is 12. The van der Waals surface area contributed by atoms with Gasteiger partial charge in [0, 0.05) is 25.1 Å². The minimum absolute atomic E-state index is 0.0997. The molecule has 1 aliphatic rings. The van der Waals surface area contributed by atoms with E-state index in [0.29, 0.717) is 24.7 Å². The fourth-order valence-electron chi connectivity index (χ4n) is 4.69. The lowest BCUT2D eigenvalue weighted by Gasteiger charge is -2.34. The quantitative estimate of drug-likeness (QED) is 0.339. The Morgan fingerprint density at radius 3 is 2.24 bits per heavy atom. The van der Waals surface area contributed by atoms with Crippen LogP contribution in [0.25, 0.3) is 0 Å². The number of sulfonamides is 1. The van der Waals surface area contributed by atoms with Crippen LogP contribution in [0, 0.1) is 6.92 Å². The maximum atomic E-state index is 14.2. The first-order valence-corrected chi connectivity index (χ1v) is 16.0. The van der Waals surface area contributed by atoms with Gasteiger partial charge in [0.05, 0.1) is 11.9 Å². The van der Waals surface area contributed by atoms with Crippen molar-refractivity contribution in [1.29, 1.82) is 0 Å². The lowest BCUT2D eigenvalue weighted by Crippen LogP contribution is -2.54. The van der Waals surface area contributed by atoms with E-state index in [2.05, 4.69) is 5.32 Å². The lowest BCUT2D eigenvalue weighted by molar-refractivity contribution is -0.140. The number of aryl methyl sites for hydroxylation is 1. The molecule has 0 saturated carbocycles. The average molecular weight is 594 g/mol. The average Bonchev–Trinajstić information content (AvgIpc) is 2.98. The minimum atomic E-state index is -3.89. The number of carbonyl (C=O) groups is 2. The summed E-state index contributed by atoms with van der Waals surface area (Å²) in [5, 5.41) is 3.03. The van der Waals surface area contributed by atoms with Gasteiger partial charge in [-0.25, -0.2) is 8.42 Å². The monoisotopic (exact) mass is 593 g/mol. The van der Waals surface area contributed by atoms with Crippen LogP contribution in [0.1, 0.15) is 37.0 Å². The first kappa shape index (κ1) is 30.9. The molecule has 2 atom stereocenters. The summed E-state index contributed by atoms with van der Waals surface area (Å²) in [5.74, 6) is 0.122. The molecule has 0 spiro atoms. The van der Waals surface area contributed by atoms with Crippen molar-refractivity contribution in [3.05, 3.63) is 89.5 Å². The Bertz CT molecular complexity index is 1480. The Labute approximate surface area is 248 Å². The zero-order valence-corrected chi connectivity index (χ0v) is 25.4. The van der Waals surface area contributed by atoms with Gasteiger partial charge in [0.1, 0.15) is 25.8 Å². The van der Waals surface area contributed by atoms with Crippen molar-refractivity contribution in [2.75, 3.05) is 30.3 Å². The second kappa shape index (κ2) is 13.7. The smallest absolute Gasteiger partial charge is 0.244 e. The zero-order chi connectivity index (χ0) is 30.3. The summed E-state index contributed by atoms with van der Waals surface area (Å²) in [7, 11) is -3.89. The van der Waals surface area contributed by atoms with Crippen molar-refractivity contribution in [2.24, 2.45) is 0 Å². The van der Waals surface area contributed by atoms with Crippen LogP contribution >= 0.6 is 0 Å². The van der Waals surface area contributed by atoms with E-state index in [1.807, 2.05) is 75.4 Å². The molecular formula is C32H39N3O6S. The molecule has 4 rings (SSSR count). The second-order valence-corrected chi connectivity index (χ2v) is 12.5. The molecular weight excluding hydrogens is 554 g/mol. The largest absolute Gasteiger partial charge is 0.486 e. The van der Waals surface area contributed by atoms with Crippen molar-refractivity contribution >= 4 is 27.5 Å². The number of benzene rings is 3. The van der Waals surface area contributed by atoms with Crippen LogP contribution in [0.4, 0.5) is 5.69 Å². The summed E-state index contributed by atoms with van der Waals surface area (Å²) in [6.07, 6.45) is 2.05. The molecule has 0 saturated heterocycles. The van der Waals surface area contributed by atoms with Crippen LogP contribution in [0.5, 0.6) is 11.5 Å². The molecule has 3 aromatic carbocycles. The number of fused-ring (bicyclic) bond motifs is 1. The summed E-state index contributed by atoms with van der Waals surface area (Å²) < 4.78 is 38.4. The molecule has 9 nitrogen and oxygen atoms in total. The number of ether oxygens (including phenoxy) is 2. The molecule has 10 heteroatoms. The van der Waals surface area contributed by atoms with E-state index in [0.717, 1.165) is 33.7 Å². The number of amides is 2. The maximum absolute atomic E-state index is 14.2. The molecule has 1 aliphatic heterocycles. The van der Waals surface area contributed by atoms with Crippen molar-refractivity contribution in [3.63, 3.8) is 0 Å². The van der Waals surface area contributed by atoms with Crippen LogP contribution in [0.2, 0.25) is 0 Å². The van der Waals surface area contributed by atoms with E-state index in [9.17, 15) is 18.0 Å². The normalized spacial score (nSPS) is 14.0. The summed E-state index contributed by atoms with van der Waals surface area (Å²) in [6.45, 7) is 6.24. The van der Waals surface area contributed by atoms with Crippen molar-refractivity contribution < 1.29 is 27.5 Å². The summed E-state index contributed by atoms with van der Waals surface area (Å²) >= 11 is 0. The maximum Gasteiger partial charge on any atom is 0.244 e. The number of anilines is 1. The molecule has 42 heavy (non-hydrogen) atoms. The standard InChI is InChI=1S/C32H39N3O6S/c1-5-24(3)33-32(37)28(19-25-9-7-6-8-10-25)34(21-26-13-11-23(2)12-14-26)31(36)22-35(42(4,38)39)27-15-16-29-30(20-27)41-18-17-40-29/h6-16,20,24,28H,5,17-19,21-22H2,1-4H3,(H,33,37)/t24-,28+/m1/s1. The van der Waals surface area contributed by atoms with Crippen LogP contribution < -0.4 is 19.1 Å². The second-order valence-electron chi connectivity index (χ2n) is 10.6. The third kappa shape index (κ3) is 8.03. The van der Waals surface area contributed by atoms with E-state index in [4.69, 9.17) is 9.47 Å². The zero-order valence-electron chi connectivity index (χ0n) is 24.6. The van der Waals surface area contributed by atoms with Crippen LogP contribution in [-0.2, 0) is 32.6 Å². The fourth-order valence-corrected chi connectivity index (χ4v) is 5.53. The van der Waals surface area contributed by atoms with Crippen molar-refractivity contribution in [3.8, 4) is 11.5 Å². The molecule has 0 radical (unpaired) electrons. The van der Waals surface area contributed by atoms with Gasteiger partial charge >= 0.3 is 0 Å². The summed E-state index contributed by atoms with van der Waals surface area (Å²) in [6, 6.07) is 21.0. The molecule has 0 aromatic heterocycles. The fraction of sp³-hybridized carbons (Fsp3) is 0.375. The SMILES string of the molecule is CC[C@@H](C)NC(=O)[C@H](Cc1ccccc1)N(Cc1ccc(C)cc1)C(=O)CN(c1ccc2c(c1)OCCO2)S(C)(=O)=O.